The van der Waals surface area contributed by atoms with Crippen LogP contribution in [-0.2, 0) is 20.9 Å². The number of carbonyl (C=O) groups is 2. The molecule has 196 valence electrons. The number of hydrogen-bond acceptors (Lipinski definition) is 5. The lowest BCUT2D eigenvalue weighted by Crippen LogP contribution is -2.35. The first-order valence-electron chi connectivity index (χ1n) is 13.1. The molecule has 2 amide bonds. The normalized spacial score (nSPS) is 12.9. The van der Waals surface area contributed by atoms with E-state index in [1.165, 1.54) is 0 Å². The molecular weight excluding hydrogens is 466 g/mol. The molecule has 0 spiro atoms. The van der Waals surface area contributed by atoms with Gasteiger partial charge in [0.2, 0.25) is 11.8 Å². The van der Waals surface area contributed by atoms with Gasteiger partial charge in [-0.2, -0.15) is 0 Å². The van der Waals surface area contributed by atoms with Gasteiger partial charge in [0.1, 0.15) is 5.69 Å². The highest BCUT2D eigenvalue weighted by molar-refractivity contribution is 6.00. The van der Waals surface area contributed by atoms with Crippen LogP contribution in [0.3, 0.4) is 0 Å². The van der Waals surface area contributed by atoms with Crippen molar-refractivity contribution >= 4 is 17.5 Å². The number of para-hydroxylation sites is 1. The maximum atomic E-state index is 13.6. The molecule has 0 atom stereocenters. The summed E-state index contributed by atoms with van der Waals surface area (Å²) in [7, 11) is 0. The number of amides is 2. The van der Waals surface area contributed by atoms with E-state index in [1.807, 2.05) is 67.9 Å². The lowest BCUT2D eigenvalue weighted by Gasteiger charge is -2.29. The fraction of sp³-hybridized carbons (Fsp3) is 0.448. The van der Waals surface area contributed by atoms with Gasteiger partial charge in [-0.15, -0.1) is 5.10 Å². The van der Waals surface area contributed by atoms with Crippen molar-refractivity contribution < 1.29 is 14.3 Å². The Morgan fingerprint density at radius 1 is 1.05 bits per heavy atom. The molecule has 1 N–H and O–H groups in total. The van der Waals surface area contributed by atoms with E-state index in [2.05, 4.69) is 35.5 Å². The van der Waals surface area contributed by atoms with Gasteiger partial charge < -0.3 is 15.0 Å². The molecule has 0 unspecified atom stereocenters. The predicted molar refractivity (Wildman–Crippen MR) is 145 cm³/mol. The fourth-order valence-corrected chi connectivity index (χ4v) is 4.77. The summed E-state index contributed by atoms with van der Waals surface area (Å²) in [5.74, 6) is -0.133. The zero-order valence-electron chi connectivity index (χ0n) is 22.5. The van der Waals surface area contributed by atoms with Gasteiger partial charge in [0.25, 0.3) is 0 Å². The quantitative estimate of drug-likeness (QED) is 0.437. The first kappa shape index (κ1) is 26.5. The molecule has 0 radical (unpaired) electrons. The number of ether oxygens (including phenoxy) is 1. The van der Waals surface area contributed by atoms with E-state index in [9.17, 15) is 9.59 Å². The van der Waals surface area contributed by atoms with E-state index in [0.29, 0.717) is 26.0 Å². The van der Waals surface area contributed by atoms with Gasteiger partial charge >= 0.3 is 0 Å². The van der Waals surface area contributed by atoms with Gasteiger partial charge in [-0.05, 0) is 52.7 Å². The highest BCUT2D eigenvalue weighted by atomic mass is 16.5. The predicted octanol–water partition coefficient (Wildman–Crippen LogP) is 5.14. The second-order valence-corrected chi connectivity index (χ2v) is 10.3. The number of nitrogens with zero attached hydrogens (tertiary/aromatic N) is 4. The molecule has 2 aromatic carbocycles. The maximum absolute atomic E-state index is 13.6. The number of anilines is 1. The zero-order valence-corrected chi connectivity index (χ0v) is 22.5. The minimum atomic E-state index is -0.347. The van der Waals surface area contributed by atoms with Crippen LogP contribution in [0.5, 0.6) is 0 Å². The number of benzene rings is 2. The van der Waals surface area contributed by atoms with Crippen molar-refractivity contribution in [2.45, 2.75) is 72.1 Å². The molecular formula is C29H37N5O3. The van der Waals surface area contributed by atoms with Crippen LogP contribution >= 0.6 is 0 Å². The smallest absolute Gasteiger partial charge is 0.229 e. The van der Waals surface area contributed by atoms with E-state index < -0.39 is 0 Å². The first-order valence-corrected chi connectivity index (χ1v) is 13.1. The van der Waals surface area contributed by atoms with Crippen LogP contribution in [0.15, 0.2) is 48.5 Å². The molecule has 0 fully saturated rings. The molecule has 8 nitrogen and oxygen atoms in total. The Hall–Kier alpha value is -3.52. The van der Waals surface area contributed by atoms with E-state index in [4.69, 9.17) is 4.74 Å². The number of aromatic nitrogens is 3. The second-order valence-electron chi connectivity index (χ2n) is 10.3. The molecule has 1 aliphatic rings. The Balaban J connectivity index is 1.56. The van der Waals surface area contributed by atoms with Gasteiger partial charge in [-0.3, -0.25) is 9.59 Å². The Morgan fingerprint density at radius 2 is 1.76 bits per heavy atom. The molecule has 37 heavy (non-hydrogen) atoms. The summed E-state index contributed by atoms with van der Waals surface area (Å²) < 4.78 is 7.62. The fourth-order valence-electron chi connectivity index (χ4n) is 4.77. The third-order valence-electron chi connectivity index (χ3n) is 6.69. The van der Waals surface area contributed by atoms with Crippen molar-refractivity contribution in [2.75, 3.05) is 18.1 Å². The number of fused-ring (bicyclic) bond motifs is 5. The molecule has 8 heteroatoms. The Bertz CT molecular complexity index is 1260. The summed E-state index contributed by atoms with van der Waals surface area (Å²) in [6.07, 6.45) is 1.17. The van der Waals surface area contributed by atoms with Gasteiger partial charge in [-0.25, -0.2) is 4.68 Å². The molecule has 4 rings (SSSR count). The highest BCUT2D eigenvalue weighted by Crippen LogP contribution is 2.41. The van der Waals surface area contributed by atoms with Crippen LogP contribution in [0.4, 0.5) is 5.69 Å². The van der Waals surface area contributed by atoms with Crippen LogP contribution in [0.2, 0.25) is 0 Å². The first-order chi connectivity index (χ1) is 17.7. The van der Waals surface area contributed by atoms with Crippen molar-refractivity contribution in [1.82, 2.24) is 20.3 Å². The van der Waals surface area contributed by atoms with E-state index >= 15 is 0 Å². The number of nitrogens with one attached hydrogen (secondary N) is 1. The minimum absolute atomic E-state index is 0.0584. The average molecular weight is 504 g/mol. The zero-order chi connectivity index (χ0) is 26.6. The number of hydrogen-bond donors (Lipinski definition) is 1. The van der Waals surface area contributed by atoms with E-state index in [-0.39, 0.29) is 36.4 Å². The topological polar surface area (TPSA) is 89.3 Å². The SMILES string of the molecule is CCOC(C)(C)CCC(=O)NCCC(=O)N1Cc2ccccc2-c2c(nnn2C(C)C)-c2ccccc21. The largest absolute Gasteiger partial charge is 0.376 e. The summed E-state index contributed by atoms with van der Waals surface area (Å²) >= 11 is 0. The van der Waals surface area contributed by atoms with Gasteiger partial charge in [0.05, 0.1) is 23.5 Å². The maximum Gasteiger partial charge on any atom is 0.229 e. The van der Waals surface area contributed by atoms with Crippen LogP contribution in [0.1, 0.15) is 65.5 Å². The van der Waals surface area contributed by atoms with Crippen molar-refractivity contribution in [1.29, 1.82) is 0 Å². The molecule has 1 aliphatic heterocycles. The van der Waals surface area contributed by atoms with Crippen LogP contribution < -0.4 is 10.2 Å². The Labute approximate surface area is 219 Å². The monoisotopic (exact) mass is 503 g/mol. The molecule has 2 heterocycles. The summed E-state index contributed by atoms with van der Waals surface area (Å²) in [5.41, 5.74) is 5.09. The molecule has 0 saturated heterocycles. The van der Waals surface area contributed by atoms with Crippen LogP contribution in [0, 0.1) is 0 Å². The summed E-state index contributed by atoms with van der Waals surface area (Å²) in [5, 5.41) is 11.9. The van der Waals surface area contributed by atoms with E-state index in [0.717, 1.165) is 33.8 Å². The third kappa shape index (κ3) is 5.91. The highest BCUT2D eigenvalue weighted by Gasteiger charge is 2.29. The van der Waals surface area contributed by atoms with Gasteiger partial charge in [0, 0.05) is 43.2 Å². The molecule has 0 bridgehead atoms. The third-order valence-corrected chi connectivity index (χ3v) is 6.69. The van der Waals surface area contributed by atoms with Crippen molar-refractivity contribution in [3.63, 3.8) is 0 Å². The summed E-state index contributed by atoms with van der Waals surface area (Å²) in [6.45, 7) is 11.4. The lowest BCUT2D eigenvalue weighted by atomic mass is 9.95. The van der Waals surface area contributed by atoms with E-state index in [1.54, 1.807) is 4.90 Å². The number of rotatable bonds is 9. The minimum Gasteiger partial charge on any atom is -0.376 e. The molecule has 0 saturated carbocycles. The standard InChI is InChI=1S/C29H37N5O3/c1-6-37-29(4,5)17-15-25(35)30-18-16-26(36)33-19-21-11-7-8-12-22(21)28-27(31-32-34(28)20(2)3)23-13-9-10-14-24(23)33/h7-14,20H,6,15-19H2,1-5H3,(H,30,35). The molecule has 1 aromatic heterocycles. The summed E-state index contributed by atoms with van der Waals surface area (Å²) in [6, 6.07) is 16.1. The average Bonchev–Trinajstić information content (AvgIpc) is 3.30. The van der Waals surface area contributed by atoms with Crippen molar-refractivity contribution in [2.24, 2.45) is 0 Å². The number of carbonyl (C=O) groups excluding carboxylic acids is 2. The molecule has 3 aromatic rings. The van der Waals surface area contributed by atoms with Crippen molar-refractivity contribution in [3.8, 4) is 22.5 Å². The van der Waals surface area contributed by atoms with Crippen LogP contribution in [0.25, 0.3) is 22.5 Å². The van der Waals surface area contributed by atoms with Crippen LogP contribution in [-0.4, -0.2) is 45.6 Å². The second kappa shape index (κ2) is 11.3. The Morgan fingerprint density at radius 3 is 2.49 bits per heavy atom. The summed E-state index contributed by atoms with van der Waals surface area (Å²) in [4.78, 5) is 27.8. The Kier molecular flexibility index (Phi) is 8.07. The van der Waals surface area contributed by atoms with Gasteiger partial charge in [0.15, 0.2) is 0 Å². The van der Waals surface area contributed by atoms with Crippen molar-refractivity contribution in [3.05, 3.63) is 54.1 Å². The lowest BCUT2D eigenvalue weighted by molar-refractivity contribution is -0.123. The van der Waals surface area contributed by atoms with Gasteiger partial charge in [-0.1, -0.05) is 47.7 Å². The molecule has 0 aliphatic carbocycles.